The van der Waals surface area contributed by atoms with Crippen LogP contribution in [0.1, 0.15) is 25.7 Å². The summed E-state index contributed by atoms with van der Waals surface area (Å²) < 4.78 is 18.4. The van der Waals surface area contributed by atoms with Gasteiger partial charge in [-0.25, -0.2) is 0 Å². The van der Waals surface area contributed by atoms with Crippen LogP contribution < -0.4 is 0 Å². The van der Waals surface area contributed by atoms with Gasteiger partial charge in [0, 0.05) is 62.5 Å². The van der Waals surface area contributed by atoms with Crippen LogP contribution in [0.5, 0.6) is 0 Å². The zero-order chi connectivity index (χ0) is 20.3. The molecular formula is C23H35NO5. The molecule has 5 fully saturated rings. The number of hydrogen-bond donors (Lipinski definition) is 2. The van der Waals surface area contributed by atoms with Crippen LogP contribution in [0.3, 0.4) is 0 Å². The second kappa shape index (κ2) is 5.84. The van der Waals surface area contributed by atoms with Gasteiger partial charge < -0.3 is 29.3 Å². The monoisotopic (exact) mass is 405 g/mol. The lowest BCUT2D eigenvalue weighted by molar-refractivity contribution is -0.239. The van der Waals surface area contributed by atoms with E-state index in [2.05, 4.69) is 18.0 Å². The smallest absolute Gasteiger partial charge is 0.0948 e. The van der Waals surface area contributed by atoms with Gasteiger partial charge in [-0.3, -0.25) is 0 Å². The lowest BCUT2D eigenvalue weighted by Gasteiger charge is -2.67. The molecule has 0 aromatic rings. The highest BCUT2D eigenvalue weighted by atomic mass is 16.5. The summed E-state index contributed by atoms with van der Waals surface area (Å²) in [5.41, 5.74) is 0.251. The predicted octanol–water partition coefficient (Wildman–Crippen LogP) is 1.06. The van der Waals surface area contributed by atoms with E-state index >= 15 is 0 Å². The number of aliphatic hydroxyl groups is 2. The minimum absolute atomic E-state index is 0.0231. The van der Waals surface area contributed by atoms with Crippen LogP contribution in [0.4, 0.5) is 0 Å². The average Bonchev–Trinajstić information content (AvgIpc) is 3.00. The molecule has 0 aromatic heterocycles. The molecule has 1 saturated heterocycles. The Bertz CT molecular complexity index is 758. The predicted molar refractivity (Wildman–Crippen MR) is 106 cm³/mol. The number of likely N-dealkylation sites (tertiary alicyclic amines) is 1. The van der Waals surface area contributed by atoms with E-state index in [-0.39, 0.29) is 40.8 Å². The highest BCUT2D eigenvalue weighted by molar-refractivity contribution is 5.42. The van der Waals surface area contributed by atoms with Crippen molar-refractivity contribution in [2.75, 3.05) is 41.5 Å². The highest BCUT2D eigenvalue weighted by Crippen LogP contribution is 2.78. The molecule has 0 aromatic carbocycles. The summed E-state index contributed by atoms with van der Waals surface area (Å²) in [6.45, 7) is 1.74. The Hall–Kier alpha value is -0.500. The first kappa shape index (κ1) is 19.2. The minimum atomic E-state index is -0.993. The molecule has 11 atom stereocenters. The van der Waals surface area contributed by atoms with Crippen molar-refractivity contribution in [1.82, 2.24) is 4.90 Å². The molecule has 1 spiro atoms. The summed E-state index contributed by atoms with van der Waals surface area (Å²) in [5.74, 6) is 0.811. The molecule has 29 heavy (non-hydrogen) atoms. The average molecular weight is 406 g/mol. The normalized spacial score (nSPS) is 59.7. The molecule has 5 aliphatic carbocycles. The van der Waals surface area contributed by atoms with Gasteiger partial charge in [0.25, 0.3) is 0 Å². The van der Waals surface area contributed by atoms with Gasteiger partial charge in [0.2, 0.25) is 0 Å². The standard InChI is InChI=1S/C23H35NO5/c1-24-10-21(11-27-2)7-6-14(28-3)23-13-9-22(26)8-5-12(15(13)20(22)25)16(19(23)24)17(29-4)18(21)23/h5,13-20,25-26H,6-11H2,1-4H3/t13-,14+,15-,16+,17+,18-,19?,20-,21+,22-,23+/m1/s1. The van der Waals surface area contributed by atoms with Gasteiger partial charge >= 0.3 is 0 Å². The van der Waals surface area contributed by atoms with E-state index in [9.17, 15) is 10.2 Å². The number of aliphatic hydroxyl groups excluding tert-OH is 1. The maximum Gasteiger partial charge on any atom is 0.0948 e. The number of nitrogens with zero attached hydrogens (tertiary/aromatic N) is 1. The largest absolute Gasteiger partial charge is 0.389 e. The van der Waals surface area contributed by atoms with E-state index in [1.54, 1.807) is 0 Å². The van der Waals surface area contributed by atoms with Crippen molar-refractivity contribution in [1.29, 1.82) is 0 Å². The number of hydrogen-bond acceptors (Lipinski definition) is 6. The number of fused-ring (bicyclic) bond motifs is 2. The lowest BCUT2D eigenvalue weighted by atomic mass is 9.44. The van der Waals surface area contributed by atoms with Gasteiger partial charge in [0.1, 0.15) is 0 Å². The van der Waals surface area contributed by atoms with Crippen molar-refractivity contribution in [3.63, 3.8) is 0 Å². The second-order valence-electron chi connectivity index (χ2n) is 10.9. The second-order valence-corrected chi connectivity index (χ2v) is 10.9. The van der Waals surface area contributed by atoms with Crippen LogP contribution in [0.15, 0.2) is 11.6 Å². The molecule has 6 aliphatic rings. The summed E-state index contributed by atoms with van der Waals surface area (Å²) >= 11 is 0. The van der Waals surface area contributed by atoms with Gasteiger partial charge in [-0.2, -0.15) is 0 Å². The molecule has 1 heterocycles. The van der Waals surface area contributed by atoms with Crippen LogP contribution in [0, 0.1) is 34.5 Å². The first-order valence-electron chi connectivity index (χ1n) is 11.2. The molecule has 6 rings (SSSR count). The molecule has 1 aliphatic heterocycles. The van der Waals surface area contributed by atoms with E-state index < -0.39 is 11.7 Å². The number of rotatable bonds is 4. The molecule has 1 unspecified atom stereocenters. The van der Waals surface area contributed by atoms with Gasteiger partial charge in [0.15, 0.2) is 0 Å². The van der Waals surface area contributed by atoms with Crippen LogP contribution in [0.25, 0.3) is 0 Å². The third-order valence-electron chi connectivity index (χ3n) is 10.2. The fourth-order valence-corrected chi connectivity index (χ4v) is 9.93. The van der Waals surface area contributed by atoms with Crippen molar-refractivity contribution < 1.29 is 24.4 Å². The Balaban J connectivity index is 1.64. The topological polar surface area (TPSA) is 71.4 Å². The molecule has 7 bridgehead atoms. The third-order valence-corrected chi connectivity index (χ3v) is 10.2. The van der Waals surface area contributed by atoms with Crippen LogP contribution in [-0.2, 0) is 14.2 Å². The van der Waals surface area contributed by atoms with Gasteiger partial charge in [-0.1, -0.05) is 11.6 Å². The summed E-state index contributed by atoms with van der Waals surface area (Å²) in [6.07, 6.45) is 5.10. The number of piperidine rings is 1. The van der Waals surface area contributed by atoms with Crippen LogP contribution >= 0.6 is 0 Å². The summed E-state index contributed by atoms with van der Waals surface area (Å²) in [4.78, 5) is 2.56. The van der Waals surface area contributed by atoms with Gasteiger partial charge in [-0.05, 0) is 38.6 Å². The fourth-order valence-electron chi connectivity index (χ4n) is 9.93. The maximum atomic E-state index is 11.3. The third kappa shape index (κ3) is 1.88. The van der Waals surface area contributed by atoms with Crippen molar-refractivity contribution in [3.8, 4) is 0 Å². The van der Waals surface area contributed by atoms with E-state index in [4.69, 9.17) is 14.2 Å². The Kier molecular flexibility index (Phi) is 3.87. The van der Waals surface area contributed by atoms with E-state index in [1.807, 2.05) is 21.3 Å². The van der Waals surface area contributed by atoms with Crippen molar-refractivity contribution in [2.24, 2.45) is 34.5 Å². The first-order valence-corrected chi connectivity index (χ1v) is 11.2. The quantitative estimate of drug-likeness (QED) is 0.682. The summed E-state index contributed by atoms with van der Waals surface area (Å²) in [6, 6.07) is 0.327. The Morgan fingerprint density at radius 1 is 1.21 bits per heavy atom. The van der Waals surface area contributed by atoms with E-state index in [1.165, 1.54) is 5.57 Å². The van der Waals surface area contributed by atoms with Crippen molar-refractivity contribution in [2.45, 2.75) is 55.6 Å². The highest BCUT2D eigenvalue weighted by Gasteiger charge is 2.82. The molecule has 0 radical (unpaired) electrons. The summed E-state index contributed by atoms with van der Waals surface area (Å²) in [7, 11) is 7.79. The van der Waals surface area contributed by atoms with Crippen molar-refractivity contribution in [3.05, 3.63) is 11.6 Å². The molecule has 4 saturated carbocycles. The minimum Gasteiger partial charge on any atom is -0.389 e. The molecule has 162 valence electrons. The van der Waals surface area contributed by atoms with Gasteiger partial charge in [0.05, 0.1) is 30.5 Å². The Labute approximate surface area is 173 Å². The molecule has 0 amide bonds. The van der Waals surface area contributed by atoms with Crippen LogP contribution in [0.2, 0.25) is 0 Å². The molecule has 2 N–H and O–H groups in total. The maximum absolute atomic E-state index is 11.3. The molecular weight excluding hydrogens is 370 g/mol. The fraction of sp³-hybridized carbons (Fsp3) is 0.913. The van der Waals surface area contributed by atoms with E-state index in [0.717, 1.165) is 26.0 Å². The number of ether oxygens (including phenoxy) is 3. The molecule has 6 nitrogen and oxygen atoms in total. The summed E-state index contributed by atoms with van der Waals surface area (Å²) in [5, 5.41) is 22.6. The van der Waals surface area contributed by atoms with E-state index in [0.29, 0.717) is 24.8 Å². The van der Waals surface area contributed by atoms with Crippen LogP contribution in [-0.4, -0.2) is 86.6 Å². The lowest BCUT2D eigenvalue weighted by Crippen LogP contribution is -2.72. The van der Waals surface area contributed by atoms with Crippen molar-refractivity contribution >= 4 is 0 Å². The van der Waals surface area contributed by atoms with Gasteiger partial charge in [-0.15, -0.1) is 0 Å². The SMILES string of the molecule is COC[C@@]12CC[C@H](OC)[C@@]34C([C@@H](C5=CC[C@@]6(O)C[C@@H]3[C@@H]5[C@H]6O)[C@H](OC)[C@H]14)N(C)C2. The Morgan fingerprint density at radius 3 is 2.69 bits per heavy atom. The molecule has 6 heteroatoms. The zero-order valence-corrected chi connectivity index (χ0v) is 18.0. The first-order chi connectivity index (χ1) is 13.9. The number of methoxy groups -OCH3 is 3. The Morgan fingerprint density at radius 2 is 2.00 bits per heavy atom. The zero-order valence-electron chi connectivity index (χ0n) is 18.0.